The van der Waals surface area contributed by atoms with Crippen molar-refractivity contribution < 1.29 is 14.9 Å². The number of hydrogen-bond donors (Lipinski definition) is 5. The van der Waals surface area contributed by atoms with Crippen molar-refractivity contribution in [1.82, 2.24) is 19.5 Å². The summed E-state index contributed by atoms with van der Waals surface area (Å²) >= 11 is 0. The number of nitrogens with two attached hydrogens (primary N) is 1. The van der Waals surface area contributed by atoms with Gasteiger partial charge in [-0.25, -0.2) is 4.98 Å². The fourth-order valence-corrected chi connectivity index (χ4v) is 2.83. The summed E-state index contributed by atoms with van der Waals surface area (Å²) in [6.07, 6.45) is 6.38. The van der Waals surface area contributed by atoms with Crippen LogP contribution >= 0.6 is 8.38 Å². The Balaban J connectivity index is 1.95. The van der Waals surface area contributed by atoms with Gasteiger partial charge in [0.1, 0.15) is 0 Å². The molecular formula is C12H17N6O3P. The molecule has 9 nitrogen and oxygen atoms in total. The van der Waals surface area contributed by atoms with Crippen molar-refractivity contribution in [2.75, 3.05) is 23.9 Å². The Bertz CT molecular complexity index is 703. The molecule has 0 saturated carbocycles. The molecule has 1 aliphatic rings. The number of rotatable bonds is 5. The normalized spacial score (nSPS) is 21.1. The Morgan fingerprint density at radius 3 is 2.86 bits per heavy atom. The lowest BCUT2D eigenvalue weighted by molar-refractivity contribution is 0.244. The van der Waals surface area contributed by atoms with Crippen molar-refractivity contribution in [2.45, 2.75) is 12.5 Å². The third-order valence-electron chi connectivity index (χ3n) is 3.57. The van der Waals surface area contributed by atoms with Gasteiger partial charge in [-0.05, 0) is 6.42 Å². The molecule has 3 rings (SSSR count). The van der Waals surface area contributed by atoms with E-state index in [-0.39, 0.29) is 30.8 Å². The zero-order chi connectivity index (χ0) is 15.7. The van der Waals surface area contributed by atoms with Crippen LogP contribution in [0.3, 0.4) is 0 Å². The number of aliphatic hydroxyl groups excluding tert-OH is 1. The van der Waals surface area contributed by atoms with Gasteiger partial charge in [-0.3, -0.25) is 0 Å². The Labute approximate surface area is 127 Å². The van der Waals surface area contributed by atoms with Gasteiger partial charge in [-0.15, -0.1) is 0 Å². The van der Waals surface area contributed by atoms with Crippen LogP contribution in [0.15, 0.2) is 18.5 Å². The molecule has 0 spiro atoms. The molecule has 0 fully saturated rings. The van der Waals surface area contributed by atoms with Gasteiger partial charge in [-0.2, -0.15) is 9.97 Å². The molecule has 2 heterocycles. The third kappa shape index (κ3) is 2.89. The van der Waals surface area contributed by atoms with Crippen LogP contribution in [0.4, 0.5) is 11.8 Å². The number of nitrogens with one attached hydrogen (secondary N) is 1. The molecule has 0 aromatic carbocycles. The first-order valence-electron chi connectivity index (χ1n) is 6.77. The predicted octanol–water partition coefficient (Wildman–Crippen LogP) is 0.184. The van der Waals surface area contributed by atoms with Crippen LogP contribution in [-0.2, 0) is 0 Å². The van der Waals surface area contributed by atoms with Crippen molar-refractivity contribution >= 4 is 31.3 Å². The van der Waals surface area contributed by atoms with Crippen molar-refractivity contribution in [1.29, 1.82) is 0 Å². The molecule has 0 amide bonds. The van der Waals surface area contributed by atoms with E-state index in [1.165, 1.54) is 0 Å². The van der Waals surface area contributed by atoms with Crippen LogP contribution in [0.25, 0.3) is 11.2 Å². The van der Waals surface area contributed by atoms with E-state index in [0.717, 1.165) is 6.42 Å². The first kappa shape index (κ1) is 15.1. The van der Waals surface area contributed by atoms with Gasteiger partial charge >= 0.3 is 0 Å². The fourth-order valence-electron chi connectivity index (χ4n) is 2.54. The summed E-state index contributed by atoms with van der Waals surface area (Å²) in [5, 5.41) is 12.0. The molecule has 0 aliphatic heterocycles. The molecule has 2 aromatic heterocycles. The number of aliphatic hydroxyl groups is 1. The number of imidazole rings is 1. The molecule has 2 aromatic rings. The minimum Gasteiger partial charge on any atom is -0.396 e. The highest BCUT2D eigenvalue weighted by molar-refractivity contribution is 7.45. The maximum atomic E-state index is 9.23. The smallest absolute Gasteiger partial charge is 0.224 e. The Kier molecular flexibility index (Phi) is 4.21. The van der Waals surface area contributed by atoms with E-state index in [1.54, 1.807) is 6.33 Å². The van der Waals surface area contributed by atoms with Crippen LogP contribution in [-0.4, -0.2) is 47.3 Å². The Hall–Kier alpha value is -1.80. The van der Waals surface area contributed by atoms with E-state index in [1.807, 2.05) is 16.7 Å². The van der Waals surface area contributed by atoms with Crippen LogP contribution in [0.2, 0.25) is 0 Å². The summed E-state index contributed by atoms with van der Waals surface area (Å²) < 4.78 is 1.88. The largest absolute Gasteiger partial charge is 0.396 e. The highest BCUT2D eigenvalue weighted by Gasteiger charge is 2.23. The van der Waals surface area contributed by atoms with E-state index in [9.17, 15) is 5.11 Å². The van der Waals surface area contributed by atoms with Gasteiger partial charge in [0.05, 0.1) is 18.7 Å². The van der Waals surface area contributed by atoms with Crippen LogP contribution < -0.4 is 11.1 Å². The maximum Gasteiger partial charge on any atom is 0.224 e. The van der Waals surface area contributed by atoms with Gasteiger partial charge < -0.3 is 30.5 Å². The van der Waals surface area contributed by atoms with E-state index in [4.69, 9.17) is 15.5 Å². The van der Waals surface area contributed by atoms with E-state index in [0.29, 0.717) is 17.0 Å². The van der Waals surface area contributed by atoms with Crippen molar-refractivity contribution in [3.8, 4) is 0 Å². The molecule has 0 radical (unpaired) electrons. The molecule has 2 atom stereocenters. The standard InChI is InChI=1S/C12H17N6O3P/c13-12-16-10(15-6-22(20)21)9-11(17-12)18(5-14-9)8-2-1-7(3-8)4-19/h1-2,5,7-8,19-21H,3-4,6H2,(H3,13,15,16,17). The number of anilines is 2. The third-order valence-corrected chi connectivity index (χ3v) is 4.01. The minimum atomic E-state index is -2.09. The molecular weight excluding hydrogens is 307 g/mol. The number of nitrogens with zero attached hydrogens (tertiary/aromatic N) is 4. The van der Waals surface area contributed by atoms with Gasteiger partial charge in [0.25, 0.3) is 0 Å². The molecule has 10 heteroatoms. The highest BCUT2D eigenvalue weighted by atomic mass is 31.2. The first-order chi connectivity index (χ1) is 10.6. The molecule has 1 aliphatic carbocycles. The topological polar surface area (TPSA) is 142 Å². The van der Waals surface area contributed by atoms with E-state index < -0.39 is 8.38 Å². The quantitative estimate of drug-likeness (QED) is 0.387. The van der Waals surface area contributed by atoms with Crippen LogP contribution in [0.1, 0.15) is 12.5 Å². The Morgan fingerprint density at radius 1 is 1.36 bits per heavy atom. The van der Waals surface area contributed by atoms with Crippen molar-refractivity contribution in [3.63, 3.8) is 0 Å². The molecule has 22 heavy (non-hydrogen) atoms. The molecule has 118 valence electrons. The lowest BCUT2D eigenvalue weighted by Crippen LogP contribution is -2.10. The second-order valence-corrected chi connectivity index (χ2v) is 6.15. The average Bonchev–Trinajstić information content (AvgIpc) is 3.10. The summed E-state index contributed by atoms with van der Waals surface area (Å²) in [6.45, 7) is 0.111. The molecule has 6 N–H and O–H groups in total. The van der Waals surface area contributed by atoms with Gasteiger partial charge in [0.2, 0.25) is 5.95 Å². The average molecular weight is 324 g/mol. The molecule has 2 unspecified atom stereocenters. The summed E-state index contributed by atoms with van der Waals surface area (Å²) in [5.74, 6) is 0.585. The van der Waals surface area contributed by atoms with Gasteiger partial charge in [0, 0.05) is 12.5 Å². The lowest BCUT2D eigenvalue weighted by Gasteiger charge is -2.13. The zero-order valence-electron chi connectivity index (χ0n) is 11.7. The van der Waals surface area contributed by atoms with Gasteiger partial charge in [0.15, 0.2) is 25.4 Å². The summed E-state index contributed by atoms with van der Waals surface area (Å²) in [4.78, 5) is 30.6. The fraction of sp³-hybridized carbons (Fsp3) is 0.417. The number of aromatic nitrogens is 4. The van der Waals surface area contributed by atoms with Crippen LogP contribution in [0.5, 0.6) is 0 Å². The monoisotopic (exact) mass is 324 g/mol. The highest BCUT2D eigenvalue weighted by Crippen LogP contribution is 2.32. The lowest BCUT2D eigenvalue weighted by atomic mass is 10.1. The summed E-state index contributed by atoms with van der Waals surface area (Å²) in [5.41, 5.74) is 6.82. The van der Waals surface area contributed by atoms with Crippen LogP contribution in [0, 0.1) is 5.92 Å². The Morgan fingerprint density at radius 2 is 2.18 bits per heavy atom. The van der Waals surface area contributed by atoms with E-state index in [2.05, 4.69) is 20.3 Å². The number of allylic oxidation sites excluding steroid dienone is 1. The van der Waals surface area contributed by atoms with Crippen molar-refractivity contribution in [2.24, 2.45) is 5.92 Å². The number of nitrogen functional groups attached to an aromatic ring is 1. The summed E-state index contributed by atoms with van der Waals surface area (Å²) in [6, 6.07) is 0.0529. The SMILES string of the molecule is Nc1nc(NCP(O)O)c2ncn(C3C=CC(CO)C3)c2n1. The van der Waals surface area contributed by atoms with Crippen molar-refractivity contribution in [3.05, 3.63) is 18.5 Å². The summed E-state index contributed by atoms with van der Waals surface area (Å²) in [7, 11) is -2.09. The number of hydrogen-bond acceptors (Lipinski definition) is 8. The first-order valence-corrected chi connectivity index (χ1v) is 8.20. The van der Waals surface area contributed by atoms with E-state index >= 15 is 0 Å². The minimum absolute atomic E-state index is 0.0241. The van der Waals surface area contributed by atoms with Gasteiger partial charge in [-0.1, -0.05) is 12.2 Å². The zero-order valence-corrected chi connectivity index (χ0v) is 12.6. The number of fused-ring (bicyclic) bond motifs is 1. The maximum absolute atomic E-state index is 9.23. The second-order valence-electron chi connectivity index (χ2n) is 5.09. The predicted molar refractivity (Wildman–Crippen MR) is 83.0 cm³/mol. The second kappa shape index (κ2) is 6.13. The molecule has 0 bridgehead atoms. The molecule has 0 saturated heterocycles.